The maximum Gasteiger partial charge on any atom is 0.321 e. The molecule has 0 heterocycles. The quantitative estimate of drug-likeness (QED) is 0.664. The maximum absolute atomic E-state index is 10.7. The van der Waals surface area contributed by atoms with Gasteiger partial charge in [0.2, 0.25) is 0 Å². The monoisotopic (exact) mass is 181 g/mol. The van der Waals surface area contributed by atoms with E-state index in [1.807, 2.05) is 6.07 Å². The van der Waals surface area contributed by atoms with Gasteiger partial charge in [-0.15, -0.1) is 0 Å². The second-order valence-electron chi connectivity index (χ2n) is 3.70. The molecule has 1 atom stereocenters. The molecule has 0 bridgehead atoms. The number of rotatable bonds is 2. The molecule has 1 saturated carbocycles. The molecule has 13 heavy (non-hydrogen) atoms. The Morgan fingerprint density at radius 3 is 2.23 bits per heavy atom. The first kappa shape index (κ1) is 10.0. The maximum atomic E-state index is 10.7. The Hall–Kier alpha value is -1.04. The molecule has 1 unspecified atom stereocenters. The molecule has 1 aliphatic rings. The predicted molar refractivity (Wildman–Crippen MR) is 47.9 cm³/mol. The van der Waals surface area contributed by atoms with Gasteiger partial charge in [-0.2, -0.15) is 5.26 Å². The Balaban J connectivity index is 2.56. The lowest BCUT2D eigenvalue weighted by Crippen LogP contribution is -2.21. The van der Waals surface area contributed by atoms with Gasteiger partial charge in [0.05, 0.1) is 6.07 Å². The molecule has 0 saturated heterocycles. The van der Waals surface area contributed by atoms with Crippen molar-refractivity contribution in [2.75, 3.05) is 0 Å². The van der Waals surface area contributed by atoms with Crippen LogP contribution in [0.1, 0.15) is 38.5 Å². The number of carbonyl (C=O) groups is 1. The summed E-state index contributed by atoms with van der Waals surface area (Å²) in [6, 6.07) is 1.90. The largest absolute Gasteiger partial charge is 0.480 e. The summed E-state index contributed by atoms with van der Waals surface area (Å²) in [5.74, 6) is -1.64. The van der Waals surface area contributed by atoms with Crippen molar-refractivity contribution in [3.8, 4) is 6.07 Å². The Morgan fingerprint density at radius 1 is 1.31 bits per heavy atom. The summed E-state index contributed by atoms with van der Waals surface area (Å²) < 4.78 is 0. The van der Waals surface area contributed by atoms with Crippen LogP contribution in [0.3, 0.4) is 0 Å². The van der Waals surface area contributed by atoms with E-state index in [0.29, 0.717) is 0 Å². The molecule has 0 radical (unpaired) electrons. The second kappa shape index (κ2) is 4.86. The summed E-state index contributed by atoms with van der Waals surface area (Å²) >= 11 is 0. The van der Waals surface area contributed by atoms with Crippen LogP contribution in [0, 0.1) is 23.2 Å². The predicted octanol–water partition coefficient (Wildman–Crippen LogP) is 2.18. The van der Waals surface area contributed by atoms with Gasteiger partial charge in [0.15, 0.2) is 0 Å². The van der Waals surface area contributed by atoms with Gasteiger partial charge in [0, 0.05) is 0 Å². The highest BCUT2D eigenvalue weighted by molar-refractivity contribution is 5.73. The van der Waals surface area contributed by atoms with Crippen LogP contribution in [0.25, 0.3) is 0 Å². The number of carboxylic acid groups (broad SMARTS) is 1. The highest BCUT2D eigenvalue weighted by Crippen LogP contribution is 2.28. The fraction of sp³-hybridized carbons (Fsp3) is 0.800. The van der Waals surface area contributed by atoms with Crippen LogP contribution in [0.15, 0.2) is 0 Å². The Kier molecular flexibility index (Phi) is 3.75. The number of aliphatic carboxylic acids is 1. The zero-order valence-corrected chi connectivity index (χ0v) is 7.70. The fourth-order valence-electron chi connectivity index (χ4n) is 2.01. The number of nitrogens with zero attached hydrogens (tertiary/aromatic N) is 1. The molecule has 1 rings (SSSR count). The molecule has 0 aliphatic heterocycles. The normalized spacial score (nSPS) is 21.5. The Morgan fingerprint density at radius 2 is 1.85 bits per heavy atom. The van der Waals surface area contributed by atoms with E-state index in [1.54, 1.807) is 0 Å². The van der Waals surface area contributed by atoms with E-state index in [9.17, 15) is 4.79 Å². The molecule has 3 heteroatoms. The van der Waals surface area contributed by atoms with Gasteiger partial charge >= 0.3 is 5.97 Å². The molecule has 0 spiro atoms. The van der Waals surface area contributed by atoms with Crippen LogP contribution in [-0.2, 0) is 4.79 Å². The lowest BCUT2D eigenvalue weighted by molar-refractivity contribution is -0.141. The summed E-state index contributed by atoms with van der Waals surface area (Å²) in [6.07, 6.45) is 6.35. The molecule has 0 aromatic heterocycles. The van der Waals surface area contributed by atoms with Crippen LogP contribution < -0.4 is 0 Å². The molecule has 1 fully saturated rings. The lowest BCUT2D eigenvalue weighted by atomic mass is 9.87. The molecule has 1 N–H and O–H groups in total. The van der Waals surface area contributed by atoms with Crippen molar-refractivity contribution >= 4 is 5.97 Å². The molecule has 3 nitrogen and oxygen atoms in total. The van der Waals surface area contributed by atoms with Crippen molar-refractivity contribution in [2.24, 2.45) is 11.8 Å². The number of hydrogen-bond donors (Lipinski definition) is 1. The van der Waals surface area contributed by atoms with Gasteiger partial charge < -0.3 is 5.11 Å². The Bertz CT molecular complexity index is 211. The molecule has 0 aromatic carbocycles. The highest BCUT2D eigenvalue weighted by Gasteiger charge is 2.28. The topological polar surface area (TPSA) is 61.1 Å². The van der Waals surface area contributed by atoms with E-state index in [1.165, 1.54) is 12.8 Å². The van der Waals surface area contributed by atoms with Gasteiger partial charge in [-0.25, -0.2) is 0 Å². The van der Waals surface area contributed by atoms with Gasteiger partial charge in [0.25, 0.3) is 0 Å². The summed E-state index contributed by atoms with van der Waals surface area (Å²) in [5.41, 5.74) is 0. The minimum absolute atomic E-state index is 0.0880. The van der Waals surface area contributed by atoms with E-state index < -0.39 is 11.9 Å². The van der Waals surface area contributed by atoms with Crippen molar-refractivity contribution in [2.45, 2.75) is 38.5 Å². The average Bonchev–Trinajstić information content (AvgIpc) is 2.33. The van der Waals surface area contributed by atoms with Crippen LogP contribution in [0.5, 0.6) is 0 Å². The van der Waals surface area contributed by atoms with Crippen LogP contribution in [0.4, 0.5) is 0 Å². The third kappa shape index (κ3) is 2.73. The molecular weight excluding hydrogens is 166 g/mol. The van der Waals surface area contributed by atoms with Crippen molar-refractivity contribution in [3.63, 3.8) is 0 Å². The molecule has 72 valence electrons. The number of carboxylic acids is 1. The second-order valence-corrected chi connectivity index (χ2v) is 3.70. The van der Waals surface area contributed by atoms with E-state index >= 15 is 0 Å². The minimum atomic E-state index is -0.950. The van der Waals surface area contributed by atoms with Crippen molar-refractivity contribution in [1.29, 1.82) is 5.26 Å². The first-order valence-electron chi connectivity index (χ1n) is 4.88. The van der Waals surface area contributed by atoms with Crippen molar-refractivity contribution in [1.82, 2.24) is 0 Å². The number of hydrogen-bond acceptors (Lipinski definition) is 2. The zero-order valence-electron chi connectivity index (χ0n) is 7.70. The van der Waals surface area contributed by atoms with Gasteiger partial charge in [-0.1, -0.05) is 25.7 Å². The molecule has 1 aliphatic carbocycles. The Labute approximate surface area is 78.4 Å². The first-order chi connectivity index (χ1) is 6.25. The standard InChI is InChI=1S/C10H15NO2/c11-7-9(10(12)13)8-5-3-1-2-4-6-8/h8-9H,1-6H2,(H,12,13). The number of nitriles is 1. The molecular formula is C10H15NO2. The summed E-state index contributed by atoms with van der Waals surface area (Å²) in [7, 11) is 0. The smallest absolute Gasteiger partial charge is 0.321 e. The third-order valence-corrected chi connectivity index (χ3v) is 2.78. The van der Waals surface area contributed by atoms with Crippen LogP contribution in [-0.4, -0.2) is 11.1 Å². The molecule has 0 aromatic rings. The SMILES string of the molecule is N#CC(C(=O)O)C1CCCCCC1. The first-order valence-corrected chi connectivity index (χ1v) is 4.88. The van der Waals surface area contributed by atoms with E-state index in [4.69, 9.17) is 10.4 Å². The average molecular weight is 181 g/mol. The molecule has 0 amide bonds. The van der Waals surface area contributed by atoms with Crippen LogP contribution >= 0.6 is 0 Å². The minimum Gasteiger partial charge on any atom is -0.480 e. The summed E-state index contributed by atoms with van der Waals surface area (Å²) in [5, 5.41) is 17.5. The highest BCUT2D eigenvalue weighted by atomic mass is 16.4. The summed E-state index contributed by atoms with van der Waals surface area (Å²) in [6.45, 7) is 0. The van der Waals surface area contributed by atoms with Gasteiger partial charge in [-0.3, -0.25) is 4.79 Å². The van der Waals surface area contributed by atoms with E-state index in [0.717, 1.165) is 25.7 Å². The zero-order chi connectivity index (χ0) is 9.68. The third-order valence-electron chi connectivity index (χ3n) is 2.78. The van der Waals surface area contributed by atoms with Crippen molar-refractivity contribution in [3.05, 3.63) is 0 Å². The van der Waals surface area contributed by atoms with E-state index in [2.05, 4.69) is 0 Å². The summed E-state index contributed by atoms with van der Waals surface area (Å²) in [4.78, 5) is 10.7. The van der Waals surface area contributed by atoms with Gasteiger partial charge in [-0.05, 0) is 18.8 Å². The van der Waals surface area contributed by atoms with Gasteiger partial charge in [0.1, 0.15) is 5.92 Å². The fourth-order valence-corrected chi connectivity index (χ4v) is 2.01. The van der Waals surface area contributed by atoms with Crippen LogP contribution in [0.2, 0.25) is 0 Å². The van der Waals surface area contributed by atoms with Crippen molar-refractivity contribution < 1.29 is 9.90 Å². The van der Waals surface area contributed by atoms with E-state index in [-0.39, 0.29) is 5.92 Å². The lowest BCUT2D eigenvalue weighted by Gasteiger charge is -2.15.